The summed E-state index contributed by atoms with van der Waals surface area (Å²) in [6.07, 6.45) is 0. The predicted molar refractivity (Wildman–Crippen MR) is 75.9 cm³/mol. The van der Waals surface area contributed by atoms with Crippen molar-refractivity contribution < 1.29 is 13.6 Å². The summed E-state index contributed by atoms with van der Waals surface area (Å²) in [7, 11) is 0. The SMILES string of the molecule is O=C(Nc1cc(F)ccc1F)C1CNCc2ccccc21. The molecule has 21 heavy (non-hydrogen) atoms. The summed E-state index contributed by atoms with van der Waals surface area (Å²) in [5.41, 5.74) is 1.83. The van der Waals surface area contributed by atoms with Gasteiger partial charge in [0.15, 0.2) is 0 Å². The molecule has 3 nitrogen and oxygen atoms in total. The molecule has 1 heterocycles. The fourth-order valence-corrected chi connectivity index (χ4v) is 2.54. The van der Waals surface area contributed by atoms with E-state index in [1.54, 1.807) is 0 Å². The van der Waals surface area contributed by atoms with E-state index in [2.05, 4.69) is 10.6 Å². The van der Waals surface area contributed by atoms with E-state index in [0.29, 0.717) is 13.1 Å². The zero-order chi connectivity index (χ0) is 14.8. The van der Waals surface area contributed by atoms with E-state index < -0.39 is 17.6 Å². The van der Waals surface area contributed by atoms with Crippen LogP contribution in [0, 0.1) is 11.6 Å². The van der Waals surface area contributed by atoms with E-state index in [1.807, 2.05) is 24.3 Å². The van der Waals surface area contributed by atoms with E-state index in [9.17, 15) is 13.6 Å². The van der Waals surface area contributed by atoms with Gasteiger partial charge >= 0.3 is 0 Å². The highest BCUT2D eigenvalue weighted by molar-refractivity contribution is 5.96. The number of amides is 1. The van der Waals surface area contributed by atoms with Crippen LogP contribution in [0.25, 0.3) is 0 Å². The Bertz CT molecular complexity index is 688. The second-order valence-corrected chi connectivity index (χ2v) is 5.00. The van der Waals surface area contributed by atoms with E-state index in [4.69, 9.17) is 0 Å². The highest BCUT2D eigenvalue weighted by atomic mass is 19.1. The Kier molecular flexibility index (Phi) is 3.66. The number of nitrogens with one attached hydrogen (secondary N) is 2. The van der Waals surface area contributed by atoms with Gasteiger partial charge in [0.1, 0.15) is 11.6 Å². The number of hydrogen-bond acceptors (Lipinski definition) is 2. The summed E-state index contributed by atoms with van der Waals surface area (Å²) in [6.45, 7) is 1.17. The molecule has 1 aliphatic rings. The van der Waals surface area contributed by atoms with Crippen molar-refractivity contribution in [2.75, 3.05) is 11.9 Å². The molecular weight excluding hydrogens is 274 g/mol. The molecule has 108 valence electrons. The second kappa shape index (κ2) is 5.61. The van der Waals surface area contributed by atoms with Gasteiger partial charge in [-0.1, -0.05) is 24.3 Å². The van der Waals surface area contributed by atoms with E-state index in [1.165, 1.54) is 0 Å². The Hall–Kier alpha value is -2.27. The fourth-order valence-electron chi connectivity index (χ4n) is 2.54. The van der Waals surface area contributed by atoms with Gasteiger partial charge < -0.3 is 10.6 Å². The number of carbonyl (C=O) groups is 1. The standard InChI is InChI=1S/C16H14F2N2O/c17-11-5-6-14(18)15(7-11)20-16(21)13-9-19-8-10-3-1-2-4-12(10)13/h1-7,13,19H,8-9H2,(H,20,21). The molecule has 1 unspecified atom stereocenters. The van der Waals surface area contributed by atoms with Crippen molar-refractivity contribution in [2.24, 2.45) is 0 Å². The Morgan fingerprint density at radius 3 is 2.86 bits per heavy atom. The first-order chi connectivity index (χ1) is 10.1. The Morgan fingerprint density at radius 1 is 1.19 bits per heavy atom. The summed E-state index contributed by atoms with van der Waals surface area (Å²) >= 11 is 0. The lowest BCUT2D eigenvalue weighted by atomic mass is 9.90. The molecule has 0 radical (unpaired) electrons. The largest absolute Gasteiger partial charge is 0.323 e. The highest BCUT2D eigenvalue weighted by Gasteiger charge is 2.26. The van der Waals surface area contributed by atoms with Gasteiger partial charge in [-0.15, -0.1) is 0 Å². The molecule has 1 amide bonds. The fraction of sp³-hybridized carbons (Fsp3) is 0.188. The minimum absolute atomic E-state index is 0.136. The lowest BCUT2D eigenvalue weighted by molar-refractivity contribution is -0.117. The molecule has 3 rings (SSSR count). The first kappa shape index (κ1) is 13.7. The summed E-state index contributed by atoms with van der Waals surface area (Å²) < 4.78 is 26.7. The molecule has 1 atom stereocenters. The first-order valence-corrected chi connectivity index (χ1v) is 6.69. The van der Waals surface area contributed by atoms with Crippen LogP contribution < -0.4 is 10.6 Å². The van der Waals surface area contributed by atoms with Crippen LogP contribution in [0.5, 0.6) is 0 Å². The third-order valence-corrected chi connectivity index (χ3v) is 3.60. The number of hydrogen-bond donors (Lipinski definition) is 2. The van der Waals surface area contributed by atoms with Crippen molar-refractivity contribution in [1.82, 2.24) is 5.32 Å². The molecule has 1 aliphatic heterocycles. The maximum atomic E-state index is 13.6. The molecule has 5 heteroatoms. The molecular formula is C16H14F2N2O. The van der Waals surface area contributed by atoms with Crippen molar-refractivity contribution >= 4 is 11.6 Å². The van der Waals surface area contributed by atoms with Crippen LogP contribution in [0.4, 0.5) is 14.5 Å². The van der Waals surface area contributed by atoms with Crippen molar-refractivity contribution in [3.05, 3.63) is 65.2 Å². The van der Waals surface area contributed by atoms with Gasteiger partial charge in [-0.3, -0.25) is 4.79 Å². The van der Waals surface area contributed by atoms with Crippen molar-refractivity contribution in [2.45, 2.75) is 12.5 Å². The van der Waals surface area contributed by atoms with Gasteiger partial charge in [0.25, 0.3) is 0 Å². The molecule has 0 aromatic heterocycles. The minimum Gasteiger partial charge on any atom is -0.323 e. The van der Waals surface area contributed by atoms with Crippen molar-refractivity contribution in [3.8, 4) is 0 Å². The van der Waals surface area contributed by atoms with Crippen LogP contribution in [0.15, 0.2) is 42.5 Å². The lowest BCUT2D eigenvalue weighted by Crippen LogP contribution is -2.35. The third kappa shape index (κ3) is 2.78. The van der Waals surface area contributed by atoms with Gasteiger partial charge in [0, 0.05) is 19.2 Å². The Labute approximate surface area is 121 Å². The first-order valence-electron chi connectivity index (χ1n) is 6.69. The summed E-state index contributed by atoms with van der Waals surface area (Å²) in [4.78, 5) is 12.4. The maximum Gasteiger partial charge on any atom is 0.233 e. The zero-order valence-electron chi connectivity index (χ0n) is 11.2. The van der Waals surface area contributed by atoms with Crippen LogP contribution in [-0.2, 0) is 11.3 Å². The third-order valence-electron chi connectivity index (χ3n) is 3.60. The number of carbonyl (C=O) groups excluding carboxylic acids is 1. The monoisotopic (exact) mass is 288 g/mol. The quantitative estimate of drug-likeness (QED) is 0.892. The van der Waals surface area contributed by atoms with Crippen LogP contribution in [0.2, 0.25) is 0 Å². The van der Waals surface area contributed by atoms with E-state index >= 15 is 0 Å². The van der Waals surface area contributed by atoms with Gasteiger partial charge in [-0.2, -0.15) is 0 Å². The van der Waals surface area contributed by atoms with Gasteiger partial charge in [0.05, 0.1) is 11.6 Å². The number of rotatable bonds is 2. The predicted octanol–water partition coefficient (Wildman–Crippen LogP) is 2.79. The lowest BCUT2D eigenvalue weighted by Gasteiger charge is -2.25. The summed E-state index contributed by atoms with van der Waals surface area (Å²) in [5, 5.41) is 5.62. The van der Waals surface area contributed by atoms with Crippen LogP contribution in [0.1, 0.15) is 17.0 Å². The molecule has 0 fully saturated rings. The average Bonchev–Trinajstić information content (AvgIpc) is 2.50. The normalized spacial score (nSPS) is 17.1. The smallest absolute Gasteiger partial charge is 0.233 e. The Morgan fingerprint density at radius 2 is 2.00 bits per heavy atom. The minimum atomic E-state index is -0.651. The number of benzene rings is 2. The maximum absolute atomic E-state index is 13.6. The molecule has 2 N–H and O–H groups in total. The number of fused-ring (bicyclic) bond motifs is 1. The zero-order valence-corrected chi connectivity index (χ0v) is 11.2. The molecule has 2 aromatic rings. The molecule has 0 spiro atoms. The molecule has 0 bridgehead atoms. The molecule has 2 aromatic carbocycles. The van der Waals surface area contributed by atoms with E-state index in [-0.39, 0.29) is 11.6 Å². The van der Waals surface area contributed by atoms with Crippen molar-refractivity contribution in [1.29, 1.82) is 0 Å². The molecule has 0 saturated carbocycles. The Balaban J connectivity index is 1.85. The highest BCUT2D eigenvalue weighted by Crippen LogP contribution is 2.26. The van der Waals surface area contributed by atoms with Crippen LogP contribution in [-0.4, -0.2) is 12.5 Å². The topological polar surface area (TPSA) is 41.1 Å². The van der Waals surface area contributed by atoms with Gasteiger partial charge in [0.2, 0.25) is 5.91 Å². The van der Waals surface area contributed by atoms with Crippen LogP contribution in [0.3, 0.4) is 0 Å². The molecule has 0 aliphatic carbocycles. The van der Waals surface area contributed by atoms with Crippen LogP contribution >= 0.6 is 0 Å². The van der Waals surface area contributed by atoms with Gasteiger partial charge in [-0.25, -0.2) is 8.78 Å². The number of anilines is 1. The average molecular weight is 288 g/mol. The van der Waals surface area contributed by atoms with Crippen molar-refractivity contribution in [3.63, 3.8) is 0 Å². The van der Waals surface area contributed by atoms with Gasteiger partial charge in [-0.05, 0) is 23.3 Å². The molecule has 0 saturated heterocycles. The van der Waals surface area contributed by atoms with E-state index in [0.717, 1.165) is 29.3 Å². The second-order valence-electron chi connectivity index (χ2n) is 5.00. The summed E-state index contributed by atoms with van der Waals surface area (Å²) in [5.74, 6) is -2.01. The number of halogens is 2. The summed E-state index contributed by atoms with van der Waals surface area (Å²) in [6, 6.07) is 10.6.